The normalized spacial score (nSPS) is 12.2. The van der Waals surface area contributed by atoms with E-state index in [1.54, 1.807) is 0 Å². The number of pyridine rings is 1. The van der Waals surface area contributed by atoms with E-state index in [9.17, 15) is 0 Å². The van der Waals surface area contributed by atoms with E-state index in [1.807, 2.05) is 22.7 Å². The van der Waals surface area contributed by atoms with Crippen molar-refractivity contribution >= 4 is 106 Å². The average molecular weight is 646 g/mol. The van der Waals surface area contributed by atoms with E-state index in [0.717, 1.165) is 44.1 Å². The van der Waals surface area contributed by atoms with Gasteiger partial charge in [0, 0.05) is 57.4 Å². The first-order chi connectivity index (χ1) is 23.8. The summed E-state index contributed by atoms with van der Waals surface area (Å²) in [6, 6.07) is 49.8. The third-order valence-corrected chi connectivity index (χ3v) is 12.0. The van der Waals surface area contributed by atoms with Crippen LogP contribution in [0.2, 0.25) is 0 Å². The van der Waals surface area contributed by atoms with Crippen LogP contribution in [0, 0.1) is 0 Å². The molecule has 0 amide bonds. The summed E-state index contributed by atoms with van der Waals surface area (Å²) in [6.07, 6.45) is 0. The number of aromatic nitrogens is 3. The fourth-order valence-electron chi connectivity index (χ4n) is 7.55. The number of hydrogen-bond acceptors (Lipinski definition) is 5. The van der Waals surface area contributed by atoms with Crippen molar-refractivity contribution in [3.8, 4) is 22.8 Å². The lowest BCUT2D eigenvalue weighted by Crippen LogP contribution is -1.99. The lowest BCUT2D eigenvalue weighted by atomic mass is 9.95. The molecule has 5 heteroatoms. The smallest absolute Gasteiger partial charge is 0.179 e. The van der Waals surface area contributed by atoms with E-state index < -0.39 is 0 Å². The molecular formula is C43H23N3S2. The number of hydrogen-bond donors (Lipinski definition) is 0. The number of para-hydroxylation sites is 1. The van der Waals surface area contributed by atoms with Gasteiger partial charge in [-0.2, -0.15) is 0 Å². The van der Waals surface area contributed by atoms with Gasteiger partial charge in [-0.15, -0.1) is 22.7 Å². The quantitative estimate of drug-likeness (QED) is 0.176. The van der Waals surface area contributed by atoms with Gasteiger partial charge in [0.25, 0.3) is 0 Å². The molecule has 4 aromatic heterocycles. The van der Waals surface area contributed by atoms with Gasteiger partial charge < -0.3 is 0 Å². The average Bonchev–Trinajstić information content (AvgIpc) is 3.73. The summed E-state index contributed by atoms with van der Waals surface area (Å²) in [5, 5.41) is 12.0. The molecule has 0 radical (unpaired) electrons. The van der Waals surface area contributed by atoms with Crippen molar-refractivity contribution < 1.29 is 0 Å². The summed E-state index contributed by atoms with van der Waals surface area (Å²) in [5.41, 5.74) is 4.71. The summed E-state index contributed by atoms with van der Waals surface area (Å²) in [4.78, 5) is 16.2. The molecule has 0 N–H and O–H groups in total. The molecule has 48 heavy (non-hydrogen) atoms. The van der Waals surface area contributed by atoms with Crippen LogP contribution < -0.4 is 0 Å². The Kier molecular flexibility index (Phi) is 5.42. The number of fused-ring (bicyclic) bond motifs is 14. The molecular weight excluding hydrogens is 623 g/mol. The zero-order valence-corrected chi connectivity index (χ0v) is 27.1. The molecule has 0 saturated carbocycles. The molecule has 222 valence electrons. The fourth-order valence-corrected chi connectivity index (χ4v) is 9.84. The Morgan fingerprint density at radius 2 is 0.958 bits per heavy atom. The molecule has 0 fully saturated rings. The minimum atomic E-state index is 0.638. The third-order valence-electron chi connectivity index (χ3n) is 9.65. The highest BCUT2D eigenvalue weighted by Crippen LogP contribution is 2.46. The molecule has 11 rings (SSSR count). The van der Waals surface area contributed by atoms with Gasteiger partial charge in [-0.05, 0) is 46.5 Å². The first-order valence-corrected chi connectivity index (χ1v) is 17.7. The third kappa shape index (κ3) is 3.66. The van der Waals surface area contributed by atoms with Crippen molar-refractivity contribution in [2.24, 2.45) is 0 Å². The Bertz CT molecular complexity index is 3140. The summed E-state index contributed by atoms with van der Waals surface area (Å²) >= 11 is 3.65. The molecule has 3 nitrogen and oxygen atoms in total. The first kappa shape index (κ1) is 26.3. The maximum Gasteiger partial charge on any atom is 0.179 e. The van der Waals surface area contributed by atoms with E-state index >= 15 is 0 Å². The van der Waals surface area contributed by atoms with Crippen molar-refractivity contribution in [2.45, 2.75) is 0 Å². The van der Waals surface area contributed by atoms with Gasteiger partial charge >= 0.3 is 0 Å². The summed E-state index contributed by atoms with van der Waals surface area (Å²) in [7, 11) is 0. The van der Waals surface area contributed by atoms with Crippen LogP contribution in [0.1, 0.15) is 0 Å². The predicted octanol–water partition coefficient (Wildman–Crippen LogP) is 12.6. The van der Waals surface area contributed by atoms with Gasteiger partial charge in [-0.1, -0.05) is 109 Å². The molecule has 0 bridgehead atoms. The van der Waals surface area contributed by atoms with E-state index in [0.29, 0.717) is 5.82 Å². The van der Waals surface area contributed by atoms with Crippen molar-refractivity contribution in [3.63, 3.8) is 0 Å². The monoisotopic (exact) mass is 645 g/mol. The van der Waals surface area contributed by atoms with Crippen LogP contribution in [0.3, 0.4) is 0 Å². The number of benzene rings is 7. The van der Waals surface area contributed by atoms with Gasteiger partial charge in [0.2, 0.25) is 0 Å². The lowest BCUT2D eigenvalue weighted by molar-refractivity contribution is 1.21. The SMILES string of the molecule is c1ccc2c(-c3ccc4sc5ccccc5c4c3)nc(-c3nc4c5sc6ccccc6c5c5ccccc5c4c4ccccc34)nc2c1. The predicted molar refractivity (Wildman–Crippen MR) is 207 cm³/mol. The molecule has 0 aliphatic carbocycles. The van der Waals surface area contributed by atoms with Crippen LogP contribution >= 0.6 is 22.7 Å². The van der Waals surface area contributed by atoms with Gasteiger partial charge in [-0.3, -0.25) is 0 Å². The Morgan fingerprint density at radius 1 is 0.375 bits per heavy atom. The Labute approximate surface area is 282 Å². The topological polar surface area (TPSA) is 38.7 Å². The zero-order chi connectivity index (χ0) is 31.3. The van der Waals surface area contributed by atoms with E-state index in [-0.39, 0.29) is 0 Å². The van der Waals surface area contributed by atoms with E-state index in [2.05, 4.69) is 140 Å². The van der Waals surface area contributed by atoms with Gasteiger partial charge in [0.15, 0.2) is 5.82 Å². The Hall–Kier alpha value is -5.75. The van der Waals surface area contributed by atoms with Gasteiger partial charge in [-0.25, -0.2) is 15.0 Å². The highest BCUT2D eigenvalue weighted by Gasteiger charge is 2.21. The molecule has 0 spiro atoms. The molecule has 0 aliphatic rings. The molecule has 0 saturated heterocycles. The van der Waals surface area contributed by atoms with Crippen molar-refractivity contribution in [1.29, 1.82) is 0 Å². The Balaban J connectivity index is 1.26. The van der Waals surface area contributed by atoms with Crippen molar-refractivity contribution in [1.82, 2.24) is 15.0 Å². The van der Waals surface area contributed by atoms with Crippen LogP contribution in [-0.4, -0.2) is 15.0 Å². The lowest BCUT2D eigenvalue weighted by Gasteiger charge is -2.14. The molecule has 0 aliphatic heterocycles. The van der Waals surface area contributed by atoms with Crippen molar-refractivity contribution in [3.05, 3.63) is 140 Å². The summed E-state index contributed by atoms with van der Waals surface area (Å²) in [5.74, 6) is 0.638. The number of rotatable bonds is 2. The largest absolute Gasteiger partial charge is 0.242 e. The second-order valence-electron chi connectivity index (χ2n) is 12.3. The number of thiophene rings is 2. The highest BCUT2D eigenvalue weighted by molar-refractivity contribution is 7.27. The van der Waals surface area contributed by atoms with E-state index in [1.165, 1.54) is 56.5 Å². The van der Waals surface area contributed by atoms with Crippen LogP contribution in [0.25, 0.3) is 106 Å². The second kappa shape index (κ2) is 9.88. The minimum absolute atomic E-state index is 0.638. The highest BCUT2D eigenvalue weighted by atomic mass is 32.1. The maximum atomic E-state index is 5.56. The second-order valence-corrected chi connectivity index (χ2v) is 14.4. The summed E-state index contributed by atoms with van der Waals surface area (Å²) in [6.45, 7) is 0. The molecule has 4 heterocycles. The summed E-state index contributed by atoms with van der Waals surface area (Å²) < 4.78 is 5.04. The fraction of sp³-hybridized carbons (Fsp3) is 0. The molecule has 11 aromatic rings. The molecule has 0 unspecified atom stereocenters. The molecule has 0 atom stereocenters. The van der Waals surface area contributed by atoms with E-state index in [4.69, 9.17) is 15.0 Å². The van der Waals surface area contributed by atoms with Gasteiger partial charge in [0.05, 0.1) is 21.4 Å². The van der Waals surface area contributed by atoms with Crippen LogP contribution in [0.5, 0.6) is 0 Å². The van der Waals surface area contributed by atoms with Crippen LogP contribution in [-0.2, 0) is 0 Å². The van der Waals surface area contributed by atoms with Crippen LogP contribution in [0.4, 0.5) is 0 Å². The standard InChI is InChI=1S/C43H23N3S2/c1-2-13-27-26(12-1)37-28-14-3-4-15-29(28)40(45-41(37)42-38(27)31-17-7-10-20-35(31)48-42)43-44-33-18-8-5-16-30(33)39(46-43)24-21-22-36-32(23-24)25-11-6-9-19-34(25)47-36/h1-23H. The minimum Gasteiger partial charge on any atom is -0.242 e. The van der Waals surface area contributed by atoms with Crippen molar-refractivity contribution in [2.75, 3.05) is 0 Å². The van der Waals surface area contributed by atoms with Crippen LogP contribution in [0.15, 0.2) is 140 Å². The Morgan fingerprint density at radius 3 is 1.75 bits per heavy atom. The first-order valence-electron chi connectivity index (χ1n) is 16.0. The maximum absolute atomic E-state index is 5.56. The van der Waals surface area contributed by atoms with Gasteiger partial charge in [0.1, 0.15) is 5.69 Å². The zero-order valence-electron chi connectivity index (χ0n) is 25.4. The molecule has 7 aromatic carbocycles. The number of nitrogens with zero attached hydrogens (tertiary/aromatic N) is 3.